The first-order valence-electron chi connectivity index (χ1n) is 7.61. The van der Waals surface area contributed by atoms with Gasteiger partial charge in [0, 0.05) is 12.8 Å². The van der Waals surface area contributed by atoms with E-state index in [0.717, 1.165) is 19.3 Å². The number of rotatable bonds is 10. The number of carbonyl (C=O) groups excluding carboxylic acids is 3. The molecule has 5 nitrogen and oxygen atoms in total. The van der Waals surface area contributed by atoms with Gasteiger partial charge in [0.05, 0.1) is 13.0 Å². The van der Waals surface area contributed by atoms with E-state index in [1.807, 2.05) is 0 Å². The predicted molar refractivity (Wildman–Crippen MR) is 75.1 cm³/mol. The lowest BCUT2D eigenvalue weighted by molar-refractivity contribution is -0.142. The topological polar surface area (TPSA) is 72.5 Å². The molecule has 5 heteroatoms. The summed E-state index contributed by atoms with van der Waals surface area (Å²) in [6.45, 7) is 2.51. The third kappa shape index (κ3) is 6.68. The van der Waals surface area contributed by atoms with Gasteiger partial charge >= 0.3 is 5.97 Å². The molecule has 1 atom stereocenters. The van der Waals surface area contributed by atoms with Crippen molar-refractivity contribution in [2.75, 3.05) is 6.61 Å². The summed E-state index contributed by atoms with van der Waals surface area (Å²) in [6, 6.07) is -0.565. The average molecular weight is 283 g/mol. The van der Waals surface area contributed by atoms with E-state index in [1.165, 1.54) is 19.3 Å². The van der Waals surface area contributed by atoms with Crippen molar-refractivity contribution in [1.29, 1.82) is 0 Å². The van der Waals surface area contributed by atoms with Crippen molar-refractivity contribution in [3.8, 4) is 0 Å². The molecule has 0 aliphatic carbocycles. The Morgan fingerprint density at radius 2 is 1.90 bits per heavy atom. The molecule has 20 heavy (non-hydrogen) atoms. The zero-order chi connectivity index (χ0) is 14.8. The van der Waals surface area contributed by atoms with Gasteiger partial charge in [0.2, 0.25) is 5.91 Å². The monoisotopic (exact) mass is 283 g/mol. The molecule has 1 amide bonds. The molecule has 1 aliphatic rings. The number of nitrogens with one attached hydrogen (secondary N) is 1. The fourth-order valence-electron chi connectivity index (χ4n) is 2.24. The Balaban J connectivity index is 2.06. The Morgan fingerprint density at radius 1 is 1.20 bits per heavy atom. The Hall–Kier alpha value is -1.39. The number of cyclic esters (lactones) is 1. The van der Waals surface area contributed by atoms with Crippen LogP contribution in [0.4, 0.5) is 0 Å². The average Bonchev–Trinajstić information content (AvgIpc) is 2.79. The van der Waals surface area contributed by atoms with E-state index in [-0.39, 0.29) is 18.1 Å². The lowest BCUT2D eigenvalue weighted by Gasteiger charge is -2.08. The molecule has 0 radical (unpaired) electrons. The molecule has 0 unspecified atom stereocenters. The van der Waals surface area contributed by atoms with Gasteiger partial charge in [0.15, 0.2) is 0 Å². The van der Waals surface area contributed by atoms with Crippen LogP contribution in [0.2, 0.25) is 0 Å². The summed E-state index contributed by atoms with van der Waals surface area (Å²) < 4.78 is 4.74. The second-order valence-electron chi connectivity index (χ2n) is 5.31. The Morgan fingerprint density at radius 3 is 2.55 bits per heavy atom. The fraction of sp³-hybridized carbons (Fsp3) is 0.800. The van der Waals surface area contributed by atoms with Crippen LogP contribution in [0, 0.1) is 0 Å². The maximum atomic E-state index is 11.6. The first kappa shape index (κ1) is 16.7. The molecule has 0 spiro atoms. The molecule has 0 aromatic rings. The number of Topliss-reactive ketones (excluding diaryl/α,β-unsaturated/α-hetero) is 1. The second-order valence-corrected chi connectivity index (χ2v) is 5.31. The highest BCUT2D eigenvalue weighted by Crippen LogP contribution is 2.09. The SMILES string of the molecule is CCCCCCCCC(=O)CC(=O)N[C@H]1CCOC1=O. The summed E-state index contributed by atoms with van der Waals surface area (Å²) in [4.78, 5) is 34.4. The van der Waals surface area contributed by atoms with E-state index in [9.17, 15) is 14.4 Å². The van der Waals surface area contributed by atoms with Gasteiger partial charge in [0.25, 0.3) is 0 Å². The van der Waals surface area contributed by atoms with E-state index in [0.29, 0.717) is 19.4 Å². The van der Waals surface area contributed by atoms with E-state index in [4.69, 9.17) is 4.74 Å². The highest BCUT2D eigenvalue weighted by molar-refractivity contribution is 5.99. The van der Waals surface area contributed by atoms with Crippen molar-refractivity contribution < 1.29 is 19.1 Å². The van der Waals surface area contributed by atoms with Crippen LogP contribution in [-0.4, -0.2) is 30.3 Å². The minimum Gasteiger partial charge on any atom is -0.464 e. The number of esters is 1. The normalized spacial score (nSPS) is 17.9. The highest BCUT2D eigenvalue weighted by atomic mass is 16.5. The van der Waals surface area contributed by atoms with Gasteiger partial charge < -0.3 is 10.1 Å². The van der Waals surface area contributed by atoms with Crippen molar-refractivity contribution in [2.24, 2.45) is 0 Å². The molecular formula is C15H25NO4. The van der Waals surface area contributed by atoms with Gasteiger partial charge in [0.1, 0.15) is 11.8 Å². The molecule has 0 bridgehead atoms. The Kier molecular flexibility index (Phi) is 7.92. The molecule has 1 heterocycles. The predicted octanol–water partition coefficient (Wildman–Crippen LogP) is 2.13. The molecule has 1 N–H and O–H groups in total. The van der Waals surface area contributed by atoms with Crippen LogP contribution in [0.3, 0.4) is 0 Å². The molecule has 0 aromatic heterocycles. The van der Waals surface area contributed by atoms with Crippen molar-refractivity contribution in [1.82, 2.24) is 5.32 Å². The van der Waals surface area contributed by atoms with Crippen molar-refractivity contribution >= 4 is 17.7 Å². The largest absolute Gasteiger partial charge is 0.464 e. The highest BCUT2D eigenvalue weighted by Gasteiger charge is 2.28. The summed E-state index contributed by atoms with van der Waals surface area (Å²) in [7, 11) is 0. The van der Waals surface area contributed by atoms with Gasteiger partial charge in [-0.2, -0.15) is 0 Å². The standard InChI is InChI=1S/C15H25NO4/c1-2-3-4-5-6-7-8-12(17)11-14(18)16-13-9-10-20-15(13)19/h13H,2-11H2,1H3,(H,16,18)/t13-/m0/s1. The minimum absolute atomic E-state index is 0.0515. The van der Waals surface area contributed by atoms with Crippen LogP contribution >= 0.6 is 0 Å². The van der Waals surface area contributed by atoms with Gasteiger partial charge in [-0.3, -0.25) is 9.59 Å². The maximum Gasteiger partial charge on any atom is 0.328 e. The first-order chi connectivity index (χ1) is 9.63. The third-order valence-corrected chi connectivity index (χ3v) is 3.44. The summed E-state index contributed by atoms with van der Waals surface area (Å²) in [5, 5.41) is 2.54. The maximum absolute atomic E-state index is 11.6. The number of amides is 1. The Bertz CT molecular complexity index is 341. The van der Waals surface area contributed by atoms with Crippen LogP contribution in [-0.2, 0) is 19.1 Å². The number of ketones is 1. The second kappa shape index (κ2) is 9.50. The Labute approximate surface area is 120 Å². The van der Waals surface area contributed by atoms with E-state index in [1.54, 1.807) is 0 Å². The smallest absolute Gasteiger partial charge is 0.328 e. The number of unbranched alkanes of at least 4 members (excludes halogenated alkanes) is 5. The molecule has 1 rings (SSSR count). The number of carbonyl (C=O) groups is 3. The van der Waals surface area contributed by atoms with Crippen LogP contribution in [0.25, 0.3) is 0 Å². The third-order valence-electron chi connectivity index (χ3n) is 3.44. The zero-order valence-corrected chi connectivity index (χ0v) is 12.3. The van der Waals surface area contributed by atoms with E-state index < -0.39 is 12.0 Å². The summed E-state index contributed by atoms with van der Waals surface area (Å²) >= 11 is 0. The van der Waals surface area contributed by atoms with Gasteiger partial charge in [-0.1, -0.05) is 39.0 Å². The first-order valence-corrected chi connectivity index (χ1v) is 7.61. The quantitative estimate of drug-likeness (QED) is 0.379. The zero-order valence-electron chi connectivity index (χ0n) is 12.3. The molecule has 1 fully saturated rings. The van der Waals surface area contributed by atoms with E-state index in [2.05, 4.69) is 12.2 Å². The van der Waals surface area contributed by atoms with Gasteiger partial charge in [-0.05, 0) is 6.42 Å². The molecular weight excluding hydrogens is 258 g/mol. The lowest BCUT2D eigenvalue weighted by atomic mass is 10.1. The molecule has 1 saturated heterocycles. The van der Waals surface area contributed by atoms with E-state index >= 15 is 0 Å². The van der Waals surface area contributed by atoms with Crippen molar-refractivity contribution in [3.63, 3.8) is 0 Å². The van der Waals surface area contributed by atoms with Crippen LogP contribution in [0.15, 0.2) is 0 Å². The van der Waals surface area contributed by atoms with Crippen molar-refractivity contribution in [2.45, 2.75) is 70.8 Å². The molecule has 0 aromatic carbocycles. The van der Waals surface area contributed by atoms with Crippen LogP contribution in [0.5, 0.6) is 0 Å². The summed E-state index contributed by atoms with van der Waals surface area (Å²) in [5.41, 5.74) is 0. The molecule has 1 aliphatic heterocycles. The minimum atomic E-state index is -0.565. The van der Waals surface area contributed by atoms with Crippen LogP contribution < -0.4 is 5.32 Å². The van der Waals surface area contributed by atoms with Gasteiger partial charge in [-0.25, -0.2) is 4.79 Å². The van der Waals surface area contributed by atoms with Crippen molar-refractivity contribution in [3.05, 3.63) is 0 Å². The van der Waals surface area contributed by atoms with Gasteiger partial charge in [-0.15, -0.1) is 0 Å². The number of ether oxygens (including phenoxy) is 1. The molecule has 114 valence electrons. The number of hydrogen-bond acceptors (Lipinski definition) is 4. The summed E-state index contributed by atoms with van der Waals surface area (Å²) in [6.07, 6.45) is 7.54. The fourth-order valence-corrected chi connectivity index (χ4v) is 2.24. The number of hydrogen-bond donors (Lipinski definition) is 1. The lowest BCUT2D eigenvalue weighted by Crippen LogP contribution is -2.38. The summed E-state index contributed by atoms with van der Waals surface area (Å²) in [5.74, 6) is -0.823. The van der Waals surface area contributed by atoms with Crippen LogP contribution in [0.1, 0.15) is 64.7 Å². The molecule has 0 saturated carbocycles.